The first kappa shape index (κ1) is 11.4. The second kappa shape index (κ2) is 5.28. The van der Waals surface area contributed by atoms with Crippen molar-refractivity contribution in [2.75, 3.05) is 39.3 Å². The van der Waals surface area contributed by atoms with Gasteiger partial charge in [0.1, 0.15) is 0 Å². The molecule has 0 radical (unpaired) electrons. The van der Waals surface area contributed by atoms with E-state index in [1.165, 1.54) is 45.6 Å². The standard InChI is InChI=1S/C12H25N3/c1-11(2)13-5-7-14-8-9-15-6-3-4-12(15)10-14/h11-13H,3-10H2,1-2H3. The highest BCUT2D eigenvalue weighted by atomic mass is 15.3. The van der Waals surface area contributed by atoms with Crippen molar-refractivity contribution in [2.24, 2.45) is 0 Å². The van der Waals surface area contributed by atoms with Gasteiger partial charge in [0.2, 0.25) is 0 Å². The molecule has 0 aliphatic carbocycles. The van der Waals surface area contributed by atoms with Crippen molar-refractivity contribution in [3.63, 3.8) is 0 Å². The molecule has 0 aromatic carbocycles. The molecule has 2 heterocycles. The molecule has 88 valence electrons. The van der Waals surface area contributed by atoms with Crippen molar-refractivity contribution in [1.29, 1.82) is 0 Å². The molecule has 1 N–H and O–H groups in total. The first-order chi connectivity index (χ1) is 7.25. The second-order valence-corrected chi connectivity index (χ2v) is 5.24. The predicted molar refractivity (Wildman–Crippen MR) is 64.2 cm³/mol. The Kier molecular flexibility index (Phi) is 4.00. The van der Waals surface area contributed by atoms with Crippen LogP contribution in [0, 0.1) is 0 Å². The third-order valence-electron chi connectivity index (χ3n) is 3.65. The summed E-state index contributed by atoms with van der Waals surface area (Å²) in [6, 6.07) is 1.50. The Bertz CT molecular complexity index is 193. The Labute approximate surface area is 93.8 Å². The van der Waals surface area contributed by atoms with Crippen LogP contribution in [0.1, 0.15) is 26.7 Å². The normalized spacial score (nSPS) is 28.6. The topological polar surface area (TPSA) is 18.5 Å². The van der Waals surface area contributed by atoms with Gasteiger partial charge in [-0.25, -0.2) is 0 Å². The van der Waals surface area contributed by atoms with Crippen LogP contribution >= 0.6 is 0 Å². The maximum absolute atomic E-state index is 3.50. The van der Waals surface area contributed by atoms with Crippen LogP contribution in [0.25, 0.3) is 0 Å². The van der Waals surface area contributed by atoms with Crippen LogP contribution in [0.4, 0.5) is 0 Å². The molecule has 0 spiro atoms. The summed E-state index contributed by atoms with van der Waals surface area (Å²) in [7, 11) is 0. The largest absolute Gasteiger partial charge is 0.313 e. The van der Waals surface area contributed by atoms with E-state index < -0.39 is 0 Å². The highest BCUT2D eigenvalue weighted by Crippen LogP contribution is 2.20. The SMILES string of the molecule is CC(C)NCCN1CCN2CCCC2C1. The van der Waals surface area contributed by atoms with E-state index in [-0.39, 0.29) is 0 Å². The molecule has 2 aliphatic rings. The van der Waals surface area contributed by atoms with Gasteiger partial charge in [0, 0.05) is 44.8 Å². The van der Waals surface area contributed by atoms with Gasteiger partial charge in [0.15, 0.2) is 0 Å². The van der Waals surface area contributed by atoms with E-state index >= 15 is 0 Å². The summed E-state index contributed by atoms with van der Waals surface area (Å²) >= 11 is 0. The van der Waals surface area contributed by atoms with E-state index in [4.69, 9.17) is 0 Å². The van der Waals surface area contributed by atoms with Gasteiger partial charge in [-0.3, -0.25) is 9.80 Å². The Hall–Kier alpha value is -0.120. The van der Waals surface area contributed by atoms with E-state index in [9.17, 15) is 0 Å². The Morgan fingerprint density at radius 2 is 2.13 bits per heavy atom. The van der Waals surface area contributed by atoms with Crippen LogP contribution in [0.2, 0.25) is 0 Å². The highest BCUT2D eigenvalue weighted by Gasteiger charge is 2.29. The maximum atomic E-state index is 3.50. The smallest absolute Gasteiger partial charge is 0.0224 e. The molecular formula is C12H25N3. The molecule has 2 aliphatic heterocycles. The summed E-state index contributed by atoms with van der Waals surface area (Å²) in [4.78, 5) is 5.30. The summed E-state index contributed by atoms with van der Waals surface area (Å²) in [5.74, 6) is 0. The lowest BCUT2D eigenvalue weighted by molar-refractivity contribution is 0.105. The molecule has 1 unspecified atom stereocenters. The van der Waals surface area contributed by atoms with Crippen LogP contribution in [0.15, 0.2) is 0 Å². The minimum Gasteiger partial charge on any atom is -0.313 e. The summed E-state index contributed by atoms with van der Waals surface area (Å²) in [5, 5.41) is 3.50. The summed E-state index contributed by atoms with van der Waals surface area (Å²) in [5.41, 5.74) is 0. The van der Waals surface area contributed by atoms with Gasteiger partial charge < -0.3 is 5.32 Å². The number of piperazine rings is 1. The molecular weight excluding hydrogens is 186 g/mol. The van der Waals surface area contributed by atoms with Crippen LogP contribution in [0.5, 0.6) is 0 Å². The third kappa shape index (κ3) is 3.16. The van der Waals surface area contributed by atoms with Crippen molar-refractivity contribution in [2.45, 2.75) is 38.8 Å². The van der Waals surface area contributed by atoms with Gasteiger partial charge >= 0.3 is 0 Å². The van der Waals surface area contributed by atoms with E-state index in [2.05, 4.69) is 29.0 Å². The molecule has 2 fully saturated rings. The van der Waals surface area contributed by atoms with Gasteiger partial charge in [-0.05, 0) is 19.4 Å². The fourth-order valence-corrected chi connectivity index (χ4v) is 2.77. The molecule has 0 aromatic heterocycles. The van der Waals surface area contributed by atoms with Gasteiger partial charge in [0.25, 0.3) is 0 Å². The predicted octanol–water partition coefficient (Wildman–Crippen LogP) is 0.764. The van der Waals surface area contributed by atoms with E-state index in [1.807, 2.05) is 0 Å². The fourth-order valence-electron chi connectivity index (χ4n) is 2.77. The van der Waals surface area contributed by atoms with E-state index in [0.717, 1.165) is 12.6 Å². The van der Waals surface area contributed by atoms with E-state index in [1.54, 1.807) is 0 Å². The minimum atomic E-state index is 0.623. The first-order valence-corrected chi connectivity index (χ1v) is 6.45. The molecule has 0 bridgehead atoms. The van der Waals surface area contributed by atoms with Gasteiger partial charge in [-0.2, -0.15) is 0 Å². The number of rotatable bonds is 4. The first-order valence-electron chi connectivity index (χ1n) is 6.45. The summed E-state index contributed by atoms with van der Waals surface area (Å²) in [6.07, 6.45) is 2.84. The quantitative estimate of drug-likeness (QED) is 0.741. The summed E-state index contributed by atoms with van der Waals surface area (Å²) < 4.78 is 0. The summed E-state index contributed by atoms with van der Waals surface area (Å²) in [6.45, 7) is 12.0. The monoisotopic (exact) mass is 211 g/mol. The van der Waals surface area contributed by atoms with Crippen molar-refractivity contribution >= 4 is 0 Å². The minimum absolute atomic E-state index is 0.623. The fraction of sp³-hybridized carbons (Fsp3) is 1.00. The molecule has 2 rings (SSSR count). The van der Waals surface area contributed by atoms with E-state index in [0.29, 0.717) is 6.04 Å². The van der Waals surface area contributed by atoms with Gasteiger partial charge in [-0.15, -0.1) is 0 Å². The molecule has 0 saturated carbocycles. The second-order valence-electron chi connectivity index (χ2n) is 5.24. The molecule has 3 nitrogen and oxygen atoms in total. The maximum Gasteiger partial charge on any atom is 0.0224 e. The zero-order valence-corrected chi connectivity index (χ0v) is 10.2. The van der Waals surface area contributed by atoms with Gasteiger partial charge in [0.05, 0.1) is 0 Å². The lowest BCUT2D eigenvalue weighted by atomic mass is 10.1. The Morgan fingerprint density at radius 1 is 1.27 bits per heavy atom. The molecule has 0 aromatic rings. The molecule has 0 amide bonds. The van der Waals surface area contributed by atoms with Crippen molar-refractivity contribution in [3.8, 4) is 0 Å². The molecule has 3 heteroatoms. The average molecular weight is 211 g/mol. The van der Waals surface area contributed by atoms with Crippen molar-refractivity contribution in [3.05, 3.63) is 0 Å². The Balaban J connectivity index is 1.66. The lowest BCUT2D eigenvalue weighted by Gasteiger charge is -2.37. The Morgan fingerprint density at radius 3 is 2.93 bits per heavy atom. The number of nitrogens with zero attached hydrogens (tertiary/aromatic N) is 2. The number of hydrogen-bond donors (Lipinski definition) is 1. The van der Waals surface area contributed by atoms with Crippen molar-refractivity contribution in [1.82, 2.24) is 15.1 Å². The number of fused-ring (bicyclic) bond motifs is 1. The average Bonchev–Trinajstić information content (AvgIpc) is 2.64. The highest BCUT2D eigenvalue weighted by molar-refractivity contribution is 4.86. The van der Waals surface area contributed by atoms with Gasteiger partial charge in [-0.1, -0.05) is 13.8 Å². The molecule has 2 saturated heterocycles. The number of nitrogens with one attached hydrogen (secondary N) is 1. The zero-order chi connectivity index (χ0) is 10.7. The van der Waals surface area contributed by atoms with Crippen LogP contribution in [-0.2, 0) is 0 Å². The zero-order valence-electron chi connectivity index (χ0n) is 10.2. The van der Waals surface area contributed by atoms with Crippen LogP contribution in [0.3, 0.4) is 0 Å². The van der Waals surface area contributed by atoms with Crippen LogP contribution in [-0.4, -0.2) is 61.2 Å². The number of hydrogen-bond acceptors (Lipinski definition) is 3. The molecule has 15 heavy (non-hydrogen) atoms. The molecule has 1 atom stereocenters. The van der Waals surface area contributed by atoms with Crippen LogP contribution < -0.4 is 5.32 Å². The van der Waals surface area contributed by atoms with Crippen molar-refractivity contribution < 1.29 is 0 Å². The third-order valence-corrected chi connectivity index (χ3v) is 3.65. The lowest BCUT2D eigenvalue weighted by Crippen LogP contribution is -2.51.